The van der Waals surface area contributed by atoms with E-state index in [2.05, 4.69) is 26.1 Å². The summed E-state index contributed by atoms with van der Waals surface area (Å²) in [4.78, 5) is 24.4. The van der Waals surface area contributed by atoms with Crippen molar-refractivity contribution in [3.63, 3.8) is 0 Å². The summed E-state index contributed by atoms with van der Waals surface area (Å²) in [5.41, 5.74) is 5.72. The van der Waals surface area contributed by atoms with E-state index in [-0.39, 0.29) is 24.1 Å². The van der Waals surface area contributed by atoms with E-state index in [1.807, 2.05) is 58.0 Å². The Morgan fingerprint density at radius 3 is 2.41 bits per heavy atom. The van der Waals surface area contributed by atoms with Gasteiger partial charge in [-0.05, 0) is 56.5 Å². The quantitative estimate of drug-likeness (QED) is 0.385. The fraction of sp³-hybridized carbons (Fsp3) is 0.273. The van der Waals surface area contributed by atoms with E-state index in [0.717, 1.165) is 33.6 Å². The Morgan fingerprint density at radius 2 is 1.72 bits per heavy atom. The van der Waals surface area contributed by atoms with Crippen LogP contribution < -0.4 is 16.0 Å². The first kappa shape index (κ1) is 24.0. The highest BCUT2D eigenvalue weighted by molar-refractivity contribution is 8.01. The van der Waals surface area contributed by atoms with Crippen LogP contribution in [0, 0.1) is 27.7 Å². The zero-order chi connectivity index (χ0) is 23.3. The summed E-state index contributed by atoms with van der Waals surface area (Å²) in [6.07, 6.45) is 0. The van der Waals surface area contributed by atoms with Gasteiger partial charge in [-0.2, -0.15) is 0 Å². The van der Waals surface area contributed by atoms with Gasteiger partial charge in [0, 0.05) is 16.4 Å². The molecule has 0 saturated heterocycles. The second-order valence-corrected chi connectivity index (χ2v) is 9.96. The van der Waals surface area contributed by atoms with E-state index in [4.69, 9.17) is 11.6 Å². The molecule has 3 N–H and O–H groups in total. The van der Waals surface area contributed by atoms with Crippen LogP contribution in [-0.2, 0) is 9.59 Å². The Morgan fingerprint density at radius 1 is 1.00 bits per heavy atom. The zero-order valence-corrected chi connectivity index (χ0v) is 20.6. The van der Waals surface area contributed by atoms with Crippen molar-refractivity contribution in [2.45, 2.75) is 32.0 Å². The third kappa shape index (κ3) is 6.69. The number of aryl methyl sites for hydroxylation is 4. The molecule has 2 amide bonds. The lowest BCUT2D eigenvalue weighted by molar-refractivity contribution is -0.122. The fourth-order valence-corrected chi connectivity index (χ4v) is 4.81. The first-order chi connectivity index (χ1) is 15.2. The molecule has 0 aliphatic heterocycles. The van der Waals surface area contributed by atoms with Gasteiger partial charge in [0.05, 0.1) is 12.3 Å². The summed E-state index contributed by atoms with van der Waals surface area (Å²) in [5.74, 6) is -0.379. The maximum Gasteiger partial charge on any atom is 0.243 e. The number of nitrogens with zero attached hydrogens (tertiary/aromatic N) is 2. The summed E-state index contributed by atoms with van der Waals surface area (Å²) in [7, 11) is 0. The van der Waals surface area contributed by atoms with Crippen LogP contribution in [0.2, 0.25) is 5.02 Å². The number of benzene rings is 2. The zero-order valence-electron chi connectivity index (χ0n) is 18.2. The van der Waals surface area contributed by atoms with Crippen molar-refractivity contribution in [1.29, 1.82) is 0 Å². The van der Waals surface area contributed by atoms with Crippen molar-refractivity contribution in [2.24, 2.45) is 0 Å². The number of thioether (sulfide) groups is 1. The smallest absolute Gasteiger partial charge is 0.243 e. The Balaban J connectivity index is 1.44. The van der Waals surface area contributed by atoms with Crippen LogP contribution in [0.4, 0.5) is 16.5 Å². The van der Waals surface area contributed by atoms with Crippen LogP contribution >= 0.6 is 34.7 Å². The molecule has 0 aliphatic carbocycles. The predicted molar refractivity (Wildman–Crippen MR) is 132 cm³/mol. The van der Waals surface area contributed by atoms with E-state index in [0.29, 0.717) is 14.5 Å². The van der Waals surface area contributed by atoms with Gasteiger partial charge in [0.2, 0.25) is 16.9 Å². The Hall–Kier alpha value is -2.62. The lowest BCUT2D eigenvalue weighted by Gasteiger charge is -2.13. The molecular formula is C22H24ClN5O2S2. The molecule has 1 heterocycles. The Bertz CT molecular complexity index is 1130. The van der Waals surface area contributed by atoms with E-state index < -0.39 is 0 Å². The van der Waals surface area contributed by atoms with E-state index >= 15 is 0 Å². The minimum Gasteiger partial charge on any atom is -0.346 e. The standard InChI is InChI=1S/C22H24ClN5O2S2/c1-12-7-14(3)20(15(4)8-12)26-18(29)10-24-19(30)11-31-22-28-27-21(32-22)25-16-6-5-13(2)17(23)9-16/h5-9H,10-11H2,1-4H3,(H,24,30)(H,25,27)(H,26,29). The molecule has 2 aromatic carbocycles. The summed E-state index contributed by atoms with van der Waals surface area (Å²) in [6.45, 7) is 7.75. The highest BCUT2D eigenvalue weighted by Crippen LogP contribution is 2.29. The van der Waals surface area contributed by atoms with Crippen molar-refractivity contribution in [3.8, 4) is 0 Å². The number of amides is 2. The molecule has 3 rings (SSSR count). The van der Waals surface area contributed by atoms with Gasteiger partial charge in [-0.3, -0.25) is 9.59 Å². The van der Waals surface area contributed by atoms with Gasteiger partial charge in [-0.25, -0.2) is 0 Å². The third-order valence-electron chi connectivity index (χ3n) is 4.54. The first-order valence-electron chi connectivity index (χ1n) is 9.85. The Kier molecular flexibility index (Phi) is 8.11. The fourth-order valence-electron chi connectivity index (χ4n) is 3.03. The van der Waals surface area contributed by atoms with E-state index in [1.165, 1.54) is 23.1 Å². The molecule has 0 unspecified atom stereocenters. The van der Waals surface area contributed by atoms with Crippen LogP contribution in [-0.4, -0.2) is 34.3 Å². The minimum atomic E-state index is -0.266. The third-order valence-corrected chi connectivity index (χ3v) is 6.92. The molecule has 7 nitrogen and oxygen atoms in total. The highest BCUT2D eigenvalue weighted by atomic mass is 35.5. The first-order valence-corrected chi connectivity index (χ1v) is 12.0. The van der Waals surface area contributed by atoms with Gasteiger partial charge in [0.15, 0.2) is 4.34 Å². The molecular weight excluding hydrogens is 466 g/mol. The highest BCUT2D eigenvalue weighted by Gasteiger charge is 2.12. The predicted octanol–water partition coefficient (Wildman–Crippen LogP) is 5.02. The number of aromatic nitrogens is 2. The Labute approximate surface area is 200 Å². The van der Waals surface area contributed by atoms with Crippen LogP contribution in [0.15, 0.2) is 34.7 Å². The van der Waals surface area contributed by atoms with E-state index in [1.54, 1.807) is 0 Å². The van der Waals surface area contributed by atoms with Crippen LogP contribution in [0.3, 0.4) is 0 Å². The van der Waals surface area contributed by atoms with Gasteiger partial charge < -0.3 is 16.0 Å². The minimum absolute atomic E-state index is 0.0940. The monoisotopic (exact) mass is 489 g/mol. The van der Waals surface area contributed by atoms with Crippen molar-refractivity contribution in [2.75, 3.05) is 22.9 Å². The molecule has 0 aliphatic rings. The summed E-state index contributed by atoms with van der Waals surface area (Å²) in [6, 6.07) is 9.67. The lowest BCUT2D eigenvalue weighted by Crippen LogP contribution is -2.34. The average molecular weight is 490 g/mol. The van der Waals surface area contributed by atoms with Gasteiger partial charge in [-0.1, -0.05) is 58.5 Å². The van der Waals surface area contributed by atoms with Crippen molar-refractivity contribution in [1.82, 2.24) is 15.5 Å². The van der Waals surface area contributed by atoms with Gasteiger partial charge in [0.25, 0.3) is 0 Å². The summed E-state index contributed by atoms with van der Waals surface area (Å²) < 4.78 is 0.649. The van der Waals surface area contributed by atoms with E-state index in [9.17, 15) is 9.59 Å². The van der Waals surface area contributed by atoms with Gasteiger partial charge in [-0.15, -0.1) is 10.2 Å². The number of halogens is 1. The second kappa shape index (κ2) is 10.8. The second-order valence-electron chi connectivity index (χ2n) is 7.35. The summed E-state index contributed by atoms with van der Waals surface area (Å²) >= 11 is 8.74. The molecule has 0 spiro atoms. The molecule has 0 saturated carbocycles. The molecule has 0 atom stereocenters. The number of hydrogen-bond donors (Lipinski definition) is 3. The molecule has 0 bridgehead atoms. The molecule has 168 valence electrons. The maximum atomic E-state index is 12.2. The number of anilines is 3. The van der Waals surface area contributed by atoms with Crippen molar-refractivity contribution >= 4 is 63.0 Å². The number of rotatable bonds is 8. The topological polar surface area (TPSA) is 96.0 Å². The van der Waals surface area contributed by atoms with Gasteiger partial charge >= 0.3 is 0 Å². The largest absolute Gasteiger partial charge is 0.346 e. The van der Waals surface area contributed by atoms with Crippen molar-refractivity contribution < 1.29 is 9.59 Å². The maximum absolute atomic E-state index is 12.2. The summed E-state index contributed by atoms with van der Waals surface area (Å²) in [5, 5.41) is 18.1. The molecule has 1 aromatic heterocycles. The van der Waals surface area contributed by atoms with Crippen molar-refractivity contribution in [3.05, 3.63) is 57.6 Å². The molecule has 3 aromatic rings. The molecule has 0 radical (unpaired) electrons. The van der Waals surface area contributed by atoms with Gasteiger partial charge in [0.1, 0.15) is 0 Å². The van der Waals surface area contributed by atoms with Crippen LogP contribution in [0.25, 0.3) is 0 Å². The number of carbonyl (C=O) groups excluding carboxylic acids is 2. The SMILES string of the molecule is Cc1cc(C)c(NC(=O)CNC(=O)CSc2nnc(Nc3ccc(C)c(Cl)c3)s2)c(C)c1. The number of carbonyl (C=O) groups is 2. The van der Waals surface area contributed by atoms with Crippen LogP contribution in [0.5, 0.6) is 0 Å². The number of hydrogen-bond acceptors (Lipinski definition) is 7. The normalized spacial score (nSPS) is 10.7. The molecule has 10 heteroatoms. The average Bonchev–Trinajstić information content (AvgIpc) is 3.17. The van der Waals surface area contributed by atoms with Crippen LogP contribution in [0.1, 0.15) is 22.3 Å². The lowest BCUT2D eigenvalue weighted by atomic mass is 10.1. The molecule has 32 heavy (non-hydrogen) atoms. The molecule has 0 fully saturated rings. The number of nitrogens with one attached hydrogen (secondary N) is 3.